The predicted octanol–water partition coefficient (Wildman–Crippen LogP) is 6.79. The van der Waals surface area contributed by atoms with Crippen LogP contribution < -0.4 is 0 Å². The van der Waals surface area contributed by atoms with Crippen LogP contribution in [0.15, 0.2) is 0 Å². The standard InChI is InChI=1S/C5H12.4C2H6.CH4/c1-5(2,3)4;4*1-2;/h1-4H3;4*1-2H3;1H4. The molecule has 0 saturated heterocycles. The molecular formula is C14H40. The fourth-order valence-corrected chi connectivity index (χ4v) is 0. The summed E-state index contributed by atoms with van der Waals surface area (Å²) in [5, 5.41) is 0. The molecule has 0 saturated carbocycles. The van der Waals surface area contributed by atoms with Gasteiger partial charge in [0.15, 0.2) is 0 Å². The summed E-state index contributed by atoms with van der Waals surface area (Å²) in [6.07, 6.45) is 0. The summed E-state index contributed by atoms with van der Waals surface area (Å²) < 4.78 is 0. The van der Waals surface area contributed by atoms with E-state index in [1.165, 1.54) is 0 Å². The van der Waals surface area contributed by atoms with Gasteiger partial charge in [0.25, 0.3) is 0 Å². The third-order valence-electron chi connectivity index (χ3n) is 0. The van der Waals surface area contributed by atoms with Crippen molar-refractivity contribution in [3.8, 4) is 0 Å². The van der Waals surface area contributed by atoms with E-state index in [1.54, 1.807) is 0 Å². The van der Waals surface area contributed by atoms with Gasteiger partial charge in [-0.2, -0.15) is 0 Å². The average Bonchev–Trinajstić information content (AvgIpc) is 2.14. The Hall–Kier alpha value is 0. The minimum absolute atomic E-state index is 0. The highest BCUT2D eigenvalue weighted by molar-refractivity contribution is 4.47. The fraction of sp³-hybridized carbons (Fsp3) is 1.00. The molecule has 0 aromatic carbocycles. The third-order valence-corrected chi connectivity index (χ3v) is 0. The molecule has 0 rings (SSSR count). The monoisotopic (exact) mass is 208 g/mol. The van der Waals surface area contributed by atoms with Crippen molar-refractivity contribution in [2.45, 2.75) is 90.5 Å². The molecule has 14 heavy (non-hydrogen) atoms. The first-order chi connectivity index (χ1) is 6.00. The van der Waals surface area contributed by atoms with Gasteiger partial charge in [-0.15, -0.1) is 0 Å². The summed E-state index contributed by atoms with van der Waals surface area (Å²) in [5.41, 5.74) is 0.500. The van der Waals surface area contributed by atoms with Crippen LogP contribution in [0.2, 0.25) is 0 Å². The van der Waals surface area contributed by atoms with Crippen LogP contribution in [-0.2, 0) is 0 Å². The summed E-state index contributed by atoms with van der Waals surface area (Å²) in [4.78, 5) is 0. The minimum Gasteiger partial charge on any atom is -0.0776 e. The zero-order chi connectivity index (χ0) is 12.5. The smallest absolute Gasteiger partial charge is 0.0411 e. The molecule has 0 bridgehead atoms. The second-order valence-electron chi connectivity index (χ2n) is 3.00. The molecule has 0 heteroatoms. The van der Waals surface area contributed by atoms with Gasteiger partial charge in [-0.1, -0.05) is 90.5 Å². The van der Waals surface area contributed by atoms with Gasteiger partial charge >= 0.3 is 0 Å². The lowest BCUT2D eigenvalue weighted by molar-refractivity contribution is 0.469. The number of rotatable bonds is 0. The maximum Gasteiger partial charge on any atom is -0.0411 e. The molecule has 0 radical (unpaired) electrons. The molecule has 0 fully saturated rings. The van der Waals surface area contributed by atoms with Crippen molar-refractivity contribution in [2.24, 2.45) is 5.41 Å². The Morgan fingerprint density at radius 3 is 0.429 bits per heavy atom. The van der Waals surface area contributed by atoms with E-state index >= 15 is 0 Å². The second kappa shape index (κ2) is 52.0. The molecule has 0 unspecified atom stereocenters. The predicted molar refractivity (Wildman–Crippen MR) is 77.3 cm³/mol. The van der Waals surface area contributed by atoms with E-state index in [0.717, 1.165) is 0 Å². The first-order valence-electron chi connectivity index (χ1n) is 6.00. The topological polar surface area (TPSA) is 0 Å². The maximum atomic E-state index is 2.19. The Morgan fingerprint density at radius 2 is 0.429 bits per heavy atom. The van der Waals surface area contributed by atoms with Gasteiger partial charge in [-0.3, -0.25) is 0 Å². The van der Waals surface area contributed by atoms with Crippen molar-refractivity contribution in [3.05, 3.63) is 0 Å². The molecule has 0 nitrogen and oxygen atoms in total. The summed E-state index contributed by atoms with van der Waals surface area (Å²) in [6, 6.07) is 0. The Labute approximate surface area is 96.5 Å². The molecule has 96 valence electrons. The lowest BCUT2D eigenvalue weighted by atomic mass is 10.0. The molecule has 0 aliphatic rings. The molecule has 0 atom stereocenters. The quantitative estimate of drug-likeness (QED) is 0.411. The lowest BCUT2D eigenvalue weighted by Gasteiger charge is -2.05. The van der Waals surface area contributed by atoms with Crippen molar-refractivity contribution in [1.82, 2.24) is 0 Å². The third kappa shape index (κ3) is 0. The second-order valence-corrected chi connectivity index (χ2v) is 3.00. The molecular weight excluding hydrogens is 168 g/mol. The van der Waals surface area contributed by atoms with Crippen LogP contribution in [0.1, 0.15) is 90.5 Å². The van der Waals surface area contributed by atoms with Gasteiger partial charge in [-0.05, 0) is 5.41 Å². The fourth-order valence-electron chi connectivity index (χ4n) is 0. The van der Waals surface area contributed by atoms with Crippen LogP contribution in [0.25, 0.3) is 0 Å². The van der Waals surface area contributed by atoms with Gasteiger partial charge in [0.05, 0.1) is 0 Å². The zero-order valence-corrected chi connectivity index (χ0v) is 12.5. The first kappa shape index (κ1) is 37.0. The Kier molecular flexibility index (Phi) is 137. The SMILES string of the molecule is C.CC.CC.CC.CC.CC(C)(C)C. The largest absolute Gasteiger partial charge is 0.0776 e. The summed E-state index contributed by atoms with van der Waals surface area (Å²) in [5.74, 6) is 0. The van der Waals surface area contributed by atoms with E-state index in [1.807, 2.05) is 55.4 Å². The van der Waals surface area contributed by atoms with E-state index in [2.05, 4.69) is 27.7 Å². The van der Waals surface area contributed by atoms with Crippen LogP contribution in [0, 0.1) is 5.41 Å². The molecule has 0 amide bonds. The van der Waals surface area contributed by atoms with Crippen LogP contribution in [0.3, 0.4) is 0 Å². The van der Waals surface area contributed by atoms with Gasteiger partial charge in [-0.25, -0.2) is 0 Å². The van der Waals surface area contributed by atoms with E-state index in [4.69, 9.17) is 0 Å². The number of hydrogen-bond acceptors (Lipinski definition) is 0. The molecule has 0 aliphatic carbocycles. The average molecular weight is 208 g/mol. The zero-order valence-electron chi connectivity index (χ0n) is 12.5. The van der Waals surface area contributed by atoms with Crippen molar-refractivity contribution < 1.29 is 0 Å². The highest BCUT2D eigenvalue weighted by atomic mass is 14.0. The van der Waals surface area contributed by atoms with Crippen LogP contribution >= 0.6 is 0 Å². The Bertz CT molecular complexity index is 15.5. The van der Waals surface area contributed by atoms with Gasteiger partial charge < -0.3 is 0 Å². The van der Waals surface area contributed by atoms with Crippen molar-refractivity contribution in [3.63, 3.8) is 0 Å². The van der Waals surface area contributed by atoms with E-state index in [0.29, 0.717) is 5.41 Å². The van der Waals surface area contributed by atoms with Gasteiger partial charge in [0.2, 0.25) is 0 Å². The van der Waals surface area contributed by atoms with Gasteiger partial charge in [0.1, 0.15) is 0 Å². The molecule has 0 N–H and O–H groups in total. The van der Waals surface area contributed by atoms with Crippen LogP contribution in [0.5, 0.6) is 0 Å². The summed E-state index contributed by atoms with van der Waals surface area (Å²) in [6.45, 7) is 24.8. The van der Waals surface area contributed by atoms with E-state index in [-0.39, 0.29) is 7.43 Å². The Morgan fingerprint density at radius 1 is 0.429 bits per heavy atom. The Balaban J connectivity index is -0.0000000156. The molecule has 0 spiro atoms. The molecule has 0 aliphatic heterocycles. The molecule has 0 aromatic heterocycles. The molecule has 0 heterocycles. The van der Waals surface area contributed by atoms with Crippen LogP contribution in [-0.4, -0.2) is 0 Å². The highest BCUT2D eigenvalue weighted by Crippen LogP contribution is 2.07. The maximum absolute atomic E-state index is 2.19. The lowest BCUT2D eigenvalue weighted by Crippen LogP contribution is -1.93. The summed E-state index contributed by atoms with van der Waals surface area (Å²) >= 11 is 0. The van der Waals surface area contributed by atoms with Gasteiger partial charge in [0, 0.05) is 0 Å². The van der Waals surface area contributed by atoms with Crippen molar-refractivity contribution >= 4 is 0 Å². The minimum atomic E-state index is 0. The van der Waals surface area contributed by atoms with Crippen LogP contribution in [0.4, 0.5) is 0 Å². The summed E-state index contributed by atoms with van der Waals surface area (Å²) in [7, 11) is 0. The van der Waals surface area contributed by atoms with E-state index in [9.17, 15) is 0 Å². The van der Waals surface area contributed by atoms with Crippen molar-refractivity contribution in [1.29, 1.82) is 0 Å². The van der Waals surface area contributed by atoms with E-state index < -0.39 is 0 Å². The first-order valence-corrected chi connectivity index (χ1v) is 6.00. The van der Waals surface area contributed by atoms with Crippen molar-refractivity contribution in [2.75, 3.05) is 0 Å². The molecule has 0 aromatic rings. The highest BCUT2D eigenvalue weighted by Gasteiger charge is 1.95. The number of hydrogen-bond donors (Lipinski definition) is 0. The normalized spacial score (nSPS) is 6.00.